The van der Waals surface area contributed by atoms with E-state index in [1.165, 1.54) is 12.3 Å². The highest BCUT2D eigenvalue weighted by Gasteiger charge is 2.12. The highest BCUT2D eigenvalue weighted by molar-refractivity contribution is 5.67. The molecule has 0 fully saturated rings. The Morgan fingerprint density at radius 2 is 1.87 bits per heavy atom. The maximum atomic E-state index is 13.4. The van der Waals surface area contributed by atoms with E-state index >= 15 is 0 Å². The fraction of sp³-hybridized carbons (Fsp3) is 0.0870. The van der Waals surface area contributed by atoms with Gasteiger partial charge in [-0.3, -0.25) is 9.67 Å². The second-order valence-electron chi connectivity index (χ2n) is 6.81. The number of hydrogen-bond acceptors (Lipinski definition) is 4. The van der Waals surface area contributed by atoms with Crippen LogP contribution in [0.5, 0.6) is 5.88 Å². The number of imidazole rings is 1. The number of rotatable bonds is 5. The van der Waals surface area contributed by atoms with Gasteiger partial charge in [-0.1, -0.05) is 12.1 Å². The Morgan fingerprint density at radius 1 is 1.00 bits per heavy atom. The van der Waals surface area contributed by atoms with E-state index in [1.54, 1.807) is 33.7 Å². The number of ether oxygens (including phenoxy) is 1. The van der Waals surface area contributed by atoms with E-state index in [-0.39, 0.29) is 5.82 Å². The molecule has 0 unspecified atom stereocenters. The van der Waals surface area contributed by atoms with Gasteiger partial charge in [0.1, 0.15) is 18.1 Å². The number of aromatic nitrogens is 5. The van der Waals surface area contributed by atoms with Crippen LogP contribution < -0.4 is 4.74 Å². The van der Waals surface area contributed by atoms with Crippen LogP contribution in [0.25, 0.3) is 28.0 Å². The largest absolute Gasteiger partial charge is 0.471 e. The quantitative estimate of drug-likeness (QED) is 0.448. The zero-order chi connectivity index (χ0) is 20.5. The van der Waals surface area contributed by atoms with Crippen molar-refractivity contribution in [2.45, 2.75) is 6.61 Å². The lowest BCUT2D eigenvalue weighted by Crippen LogP contribution is -1.97. The van der Waals surface area contributed by atoms with E-state index in [2.05, 4.69) is 27.2 Å². The molecular weight excluding hydrogens is 381 g/mol. The first-order chi connectivity index (χ1) is 14.7. The molecular formula is C23H16FN5O. The molecule has 5 rings (SSSR count). The third-order valence-electron chi connectivity index (χ3n) is 4.65. The fourth-order valence-corrected chi connectivity index (χ4v) is 3.19. The van der Waals surface area contributed by atoms with Gasteiger partial charge in [-0.05, 0) is 42.0 Å². The average Bonchev–Trinajstić information content (AvgIpc) is 3.36. The molecule has 0 aliphatic rings. The van der Waals surface area contributed by atoms with E-state index in [9.17, 15) is 4.39 Å². The Kier molecular flexibility index (Phi) is 4.37. The van der Waals surface area contributed by atoms with Crippen molar-refractivity contribution >= 4 is 5.65 Å². The van der Waals surface area contributed by atoms with Crippen molar-refractivity contribution in [2.24, 2.45) is 7.05 Å². The van der Waals surface area contributed by atoms with Gasteiger partial charge in [0, 0.05) is 43.6 Å². The summed E-state index contributed by atoms with van der Waals surface area (Å²) in [6, 6.07) is 16.9. The lowest BCUT2D eigenvalue weighted by atomic mass is 10.1. The van der Waals surface area contributed by atoms with Crippen molar-refractivity contribution < 1.29 is 9.13 Å². The molecule has 0 radical (unpaired) electrons. The van der Waals surface area contributed by atoms with Crippen LogP contribution in [0.15, 0.2) is 67.4 Å². The van der Waals surface area contributed by atoms with Crippen molar-refractivity contribution in [3.63, 3.8) is 0 Å². The number of pyridine rings is 2. The second-order valence-corrected chi connectivity index (χ2v) is 6.81. The smallest absolute Gasteiger partial charge is 0.241 e. The molecule has 7 heteroatoms. The summed E-state index contributed by atoms with van der Waals surface area (Å²) < 4.78 is 22.7. The van der Waals surface area contributed by atoms with Gasteiger partial charge in [-0.15, -0.1) is 5.10 Å². The van der Waals surface area contributed by atoms with E-state index in [0.29, 0.717) is 23.8 Å². The van der Waals surface area contributed by atoms with Gasteiger partial charge in [0.05, 0.1) is 16.8 Å². The van der Waals surface area contributed by atoms with Crippen molar-refractivity contribution in [2.75, 3.05) is 0 Å². The van der Waals surface area contributed by atoms with Crippen LogP contribution in [0.4, 0.5) is 4.39 Å². The zero-order valence-electron chi connectivity index (χ0n) is 16.1. The van der Waals surface area contributed by atoms with Crippen LogP contribution >= 0.6 is 0 Å². The number of aryl methyl sites for hydroxylation is 1. The molecule has 1 aromatic carbocycles. The first-order valence-electron chi connectivity index (χ1n) is 9.30. The number of fused-ring (bicyclic) bond motifs is 1. The Bertz CT molecular complexity index is 1310. The molecule has 0 saturated heterocycles. The maximum absolute atomic E-state index is 13.4. The van der Waals surface area contributed by atoms with Gasteiger partial charge in [-0.25, -0.2) is 9.37 Å². The SMILES string of the molecule is Cn1cc(-c2ccncc2)c(OCc2c#cc(-c3cn4cc(F)ccc4n3)cc2)n1. The molecule has 146 valence electrons. The van der Waals surface area contributed by atoms with Gasteiger partial charge in [0.2, 0.25) is 5.88 Å². The van der Waals surface area contributed by atoms with E-state index in [0.717, 1.165) is 22.3 Å². The van der Waals surface area contributed by atoms with Crippen LogP contribution in [0.3, 0.4) is 0 Å². The number of halogens is 1. The molecule has 6 nitrogen and oxygen atoms in total. The lowest BCUT2D eigenvalue weighted by Gasteiger charge is -2.05. The van der Waals surface area contributed by atoms with Crippen molar-refractivity contribution in [3.8, 4) is 28.3 Å². The molecule has 0 amide bonds. The fourth-order valence-electron chi connectivity index (χ4n) is 3.19. The van der Waals surface area contributed by atoms with E-state index < -0.39 is 0 Å². The lowest BCUT2D eigenvalue weighted by molar-refractivity contribution is 0.292. The highest BCUT2D eigenvalue weighted by atomic mass is 19.1. The maximum Gasteiger partial charge on any atom is 0.241 e. The highest BCUT2D eigenvalue weighted by Crippen LogP contribution is 2.28. The van der Waals surface area contributed by atoms with Crippen molar-refractivity contribution in [3.05, 3.63) is 90.9 Å². The minimum atomic E-state index is -0.310. The summed E-state index contributed by atoms with van der Waals surface area (Å²) in [4.78, 5) is 8.54. The second kappa shape index (κ2) is 7.33. The van der Waals surface area contributed by atoms with Gasteiger partial charge in [-0.2, -0.15) is 0 Å². The molecule has 0 N–H and O–H groups in total. The molecule has 0 saturated carbocycles. The molecule has 0 spiro atoms. The average molecular weight is 397 g/mol. The summed E-state index contributed by atoms with van der Waals surface area (Å²) in [5.41, 5.74) is 4.87. The van der Waals surface area contributed by atoms with Gasteiger partial charge < -0.3 is 9.14 Å². The summed E-state index contributed by atoms with van der Waals surface area (Å²) in [5, 5.41) is 4.41. The number of hydrogen-bond donors (Lipinski definition) is 0. The van der Waals surface area contributed by atoms with Crippen LogP contribution in [-0.4, -0.2) is 24.1 Å². The van der Waals surface area contributed by atoms with Gasteiger partial charge in [0.25, 0.3) is 0 Å². The number of nitrogens with zero attached hydrogens (tertiary/aromatic N) is 5. The van der Waals surface area contributed by atoms with E-state index in [4.69, 9.17) is 4.74 Å². The molecule has 30 heavy (non-hydrogen) atoms. The summed E-state index contributed by atoms with van der Waals surface area (Å²) in [5.74, 6) is 0.235. The third kappa shape index (κ3) is 3.47. The van der Waals surface area contributed by atoms with Crippen LogP contribution in [0.2, 0.25) is 0 Å². The molecule has 0 aliphatic heterocycles. The molecule has 4 heterocycles. The Hall–Kier alpha value is -4.18. The molecule has 0 atom stereocenters. The minimum Gasteiger partial charge on any atom is -0.471 e. The molecule has 0 aliphatic carbocycles. The Labute approximate surface area is 172 Å². The van der Waals surface area contributed by atoms with Crippen LogP contribution in [0.1, 0.15) is 5.56 Å². The van der Waals surface area contributed by atoms with Gasteiger partial charge in [0.15, 0.2) is 0 Å². The van der Waals surface area contributed by atoms with Crippen molar-refractivity contribution in [1.29, 1.82) is 0 Å². The first-order valence-corrected chi connectivity index (χ1v) is 9.30. The Balaban J connectivity index is 1.33. The monoisotopic (exact) mass is 397 g/mol. The van der Waals surface area contributed by atoms with Crippen LogP contribution in [-0.2, 0) is 13.7 Å². The van der Waals surface area contributed by atoms with Crippen LogP contribution in [0, 0.1) is 17.9 Å². The normalized spacial score (nSPS) is 10.9. The summed E-state index contributed by atoms with van der Waals surface area (Å²) in [6.07, 6.45) is 8.55. The predicted octanol–water partition coefficient (Wildman–Crippen LogP) is 4.12. The summed E-state index contributed by atoms with van der Waals surface area (Å²) in [7, 11) is 1.85. The van der Waals surface area contributed by atoms with Crippen molar-refractivity contribution in [1.82, 2.24) is 24.1 Å². The zero-order valence-corrected chi connectivity index (χ0v) is 16.1. The first kappa shape index (κ1) is 17.9. The minimum absolute atomic E-state index is 0.308. The molecule has 5 aromatic rings. The molecule has 4 aromatic heterocycles. The predicted molar refractivity (Wildman–Crippen MR) is 109 cm³/mol. The topological polar surface area (TPSA) is 57.2 Å². The van der Waals surface area contributed by atoms with Gasteiger partial charge >= 0.3 is 0 Å². The third-order valence-corrected chi connectivity index (χ3v) is 4.65. The molecule has 0 bridgehead atoms. The Morgan fingerprint density at radius 3 is 2.67 bits per heavy atom. The van der Waals surface area contributed by atoms with E-state index in [1.807, 2.05) is 37.5 Å². The standard InChI is InChI=1S/C23H16FN5O/c1-28-13-20(17-8-10-25-11-9-17)23(27-28)30-15-16-2-4-18(5-3-16)21-14-29-12-19(24)6-7-22(29)26-21/h2,4,6-14H,15H2,1H3. The summed E-state index contributed by atoms with van der Waals surface area (Å²) in [6.45, 7) is 0.308. The summed E-state index contributed by atoms with van der Waals surface area (Å²) >= 11 is 0.